The van der Waals surface area contributed by atoms with Gasteiger partial charge in [-0.15, -0.1) is 0 Å². The van der Waals surface area contributed by atoms with Crippen molar-refractivity contribution in [1.82, 2.24) is 4.90 Å². The first-order valence-corrected chi connectivity index (χ1v) is 7.58. The van der Waals surface area contributed by atoms with E-state index < -0.39 is 5.97 Å². The minimum absolute atomic E-state index is 0.482. The van der Waals surface area contributed by atoms with Gasteiger partial charge in [0.25, 0.3) is 0 Å². The monoisotopic (exact) mass is 308 g/mol. The van der Waals surface area contributed by atoms with Gasteiger partial charge in [0, 0.05) is 42.5 Å². The summed E-state index contributed by atoms with van der Waals surface area (Å²) in [5.41, 5.74) is 1.89. The molecular formula is C16H21ClN2O2. The van der Waals surface area contributed by atoms with Gasteiger partial charge in [0.05, 0.1) is 0 Å². The summed E-state index contributed by atoms with van der Waals surface area (Å²) in [5.74, 6) is -0.954. The molecule has 2 rings (SSSR count). The number of carboxylic acid groups (broad SMARTS) is 1. The Morgan fingerprint density at radius 2 is 2.24 bits per heavy atom. The van der Waals surface area contributed by atoms with Gasteiger partial charge < -0.3 is 10.0 Å². The van der Waals surface area contributed by atoms with E-state index in [1.54, 1.807) is 6.08 Å². The van der Waals surface area contributed by atoms with Crippen LogP contribution in [0.25, 0.3) is 6.08 Å². The molecule has 0 bridgehead atoms. The third kappa shape index (κ3) is 3.99. The van der Waals surface area contributed by atoms with E-state index in [0.717, 1.165) is 43.5 Å². The molecule has 0 aliphatic carbocycles. The molecule has 21 heavy (non-hydrogen) atoms. The van der Waals surface area contributed by atoms with E-state index in [-0.39, 0.29) is 0 Å². The lowest BCUT2D eigenvalue weighted by atomic mass is 10.1. The number of anilines is 1. The predicted octanol–water partition coefficient (Wildman–Crippen LogP) is 2.97. The summed E-state index contributed by atoms with van der Waals surface area (Å²) in [6, 6.07) is 6.12. The predicted molar refractivity (Wildman–Crippen MR) is 87.0 cm³/mol. The van der Waals surface area contributed by atoms with Crippen LogP contribution < -0.4 is 4.90 Å². The highest BCUT2D eigenvalue weighted by Gasteiger charge is 2.23. The Morgan fingerprint density at radius 3 is 2.86 bits per heavy atom. The lowest BCUT2D eigenvalue weighted by Gasteiger charge is -2.41. The van der Waals surface area contributed by atoms with Gasteiger partial charge in [-0.1, -0.05) is 18.5 Å². The molecule has 1 N–H and O–H groups in total. The van der Waals surface area contributed by atoms with Crippen LogP contribution in [0.5, 0.6) is 0 Å². The first kappa shape index (κ1) is 15.9. The van der Waals surface area contributed by atoms with Crippen molar-refractivity contribution in [3.8, 4) is 0 Å². The van der Waals surface area contributed by atoms with Crippen molar-refractivity contribution in [3.63, 3.8) is 0 Å². The van der Waals surface area contributed by atoms with Crippen LogP contribution in [0, 0.1) is 0 Å². The number of nitrogens with zero attached hydrogens (tertiary/aromatic N) is 2. The summed E-state index contributed by atoms with van der Waals surface area (Å²) >= 11 is 6.04. The molecule has 1 aliphatic heterocycles. The molecule has 4 nitrogen and oxygen atoms in total. The van der Waals surface area contributed by atoms with Crippen LogP contribution in [0.3, 0.4) is 0 Å². The SMILES string of the molecule is CCN1CCN(c2ccc(Cl)cc2/C=C/C(=O)O)CC1C. The zero-order valence-corrected chi connectivity index (χ0v) is 13.2. The quantitative estimate of drug-likeness (QED) is 0.869. The molecule has 114 valence electrons. The molecule has 0 aromatic heterocycles. The van der Waals surface area contributed by atoms with Crippen molar-refractivity contribution in [3.05, 3.63) is 34.9 Å². The van der Waals surface area contributed by atoms with Crippen LogP contribution in [0.4, 0.5) is 5.69 Å². The average Bonchev–Trinajstić information content (AvgIpc) is 2.45. The number of carboxylic acids is 1. The largest absolute Gasteiger partial charge is 0.478 e. The summed E-state index contributed by atoms with van der Waals surface area (Å²) < 4.78 is 0. The van der Waals surface area contributed by atoms with Crippen LogP contribution in [-0.2, 0) is 4.79 Å². The van der Waals surface area contributed by atoms with Crippen molar-refractivity contribution in [2.75, 3.05) is 31.1 Å². The van der Waals surface area contributed by atoms with Crippen molar-refractivity contribution in [2.24, 2.45) is 0 Å². The fourth-order valence-electron chi connectivity index (χ4n) is 2.79. The van der Waals surface area contributed by atoms with E-state index in [9.17, 15) is 4.79 Å². The lowest BCUT2D eigenvalue weighted by Crippen LogP contribution is -2.51. The van der Waals surface area contributed by atoms with Crippen LogP contribution in [0.2, 0.25) is 5.02 Å². The number of hydrogen-bond donors (Lipinski definition) is 1. The standard InChI is InChI=1S/C16H21ClN2O2/c1-3-18-8-9-19(11-12(18)2)15-6-5-14(17)10-13(15)4-7-16(20)21/h4-7,10,12H,3,8-9,11H2,1-2H3,(H,20,21)/b7-4+. The molecule has 1 fully saturated rings. The molecule has 1 aliphatic rings. The second-order valence-corrected chi connectivity index (χ2v) is 5.73. The molecule has 1 saturated heterocycles. The van der Waals surface area contributed by atoms with Crippen molar-refractivity contribution < 1.29 is 9.90 Å². The number of hydrogen-bond acceptors (Lipinski definition) is 3. The molecular weight excluding hydrogens is 288 g/mol. The molecule has 0 amide bonds. The smallest absolute Gasteiger partial charge is 0.328 e. The van der Waals surface area contributed by atoms with Crippen molar-refractivity contribution in [1.29, 1.82) is 0 Å². The number of rotatable bonds is 4. The Kier molecular flexibility index (Phi) is 5.26. The number of aliphatic carboxylic acids is 1. The zero-order chi connectivity index (χ0) is 15.4. The van der Waals surface area contributed by atoms with Crippen molar-refractivity contribution in [2.45, 2.75) is 19.9 Å². The Morgan fingerprint density at radius 1 is 1.48 bits per heavy atom. The normalized spacial score (nSPS) is 20.1. The molecule has 1 unspecified atom stereocenters. The average molecular weight is 309 g/mol. The maximum Gasteiger partial charge on any atom is 0.328 e. The van der Waals surface area contributed by atoms with E-state index >= 15 is 0 Å². The lowest BCUT2D eigenvalue weighted by molar-refractivity contribution is -0.131. The van der Waals surface area contributed by atoms with E-state index in [2.05, 4.69) is 23.6 Å². The minimum Gasteiger partial charge on any atom is -0.478 e. The Bertz CT molecular complexity index is 545. The first-order valence-electron chi connectivity index (χ1n) is 7.20. The summed E-state index contributed by atoms with van der Waals surface area (Å²) in [7, 11) is 0. The molecule has 1 aromatic carbocycles. The van der Waals surface area contributed by atoms with Crippen LogP contribution >= 0.6 is 11.6 Å². The summed E-state index contributed by atoms with van der Waals surface area (Å²) in [4.78, 5) is 15.5. The molecule has 1 atom stereocenters. The fourth-order valence-corrected chi connectivity index (χ4v) is 2.97. The maximum absolute atomic E-state index is 10.7. The van der Waals surface area contributed by atoms with Crippen LogP contribution in [0.15, 0.2) is 24.3 Å². The molecule has 0 spiro atoms. The maximum atomic E-state index is 10.7. The Balaban J connectivity index is 2.25. The van der Waals surface area contributed by atoms with Gasteiger partial charge >= 0.3 is 5.97 Å². The van der Waals surface area contributed by atoms with Crippen LogP contribution in [-0.4, -0.2) is 48.2 Å². The second kappa shape index (κ2) is 6.96. The van der Waals surface area contributed by atoms with E-state index in [0.29, 0.717) is 11.1 Å². The topological polar surface area (TPSA) is 43.8 Å². The van der Waals surface area contributed by atoms with Crippen molar-refractivity contribution >= 4 is 29.3 Å². The van der Waals surface area contributed by atoms with Gasteiger partial charge in [-0.3, -0.25) is 4.90 Å². The number of piperazine rings is 1. The van der Waals surface area contributed by atoms with E-state index in [4.69, 9.17) is 16.7 Å². The highest BCUT2D eigenvalue weighted by Crippen LogP contribution is 2.27. The van der Waals surface area contributed by atoms with Gasteiger partial charge in [-0.2, -0.15) is 0 Å². The summed E-state index contributed by atoms with van der Waals surface area (Å²) in [5, 5.41) is 9.43. The third-order valence-electron chi connectivity index (χ3n) is 3.91. The highest BCUT2D eigenvalue weighted by atomic mass is 35.5. The van der Waals surface area contributed by atoms with Gasteiger partial charge in [0.15, 0.2) is 0 Å². The number of likely N-dealkylation sites (N-methyl/N-ethyl adjacent to an activating group) is 1. The third-order valence-corrected chi connectivity index (χ3v) is 4.14. The molecule has 1 heterocycles. The van der Waals surface area contributed by atoms with E-state index in [1.807, 2.05) is 18.2 Å². The molecule has 1 aromatic rings. The minimum atomic E-state index is -0.954. The fraction of sp³-hybridized carbons (Fsp3) is 0.438. The Hall–Kier alpha value is -1.52. The molecule has 0 radical (unpaired) electrons. The van der Waals surface area contributed by atoms with Crippen LogP contribution in [0.1, 0.15) is 19.4 Å². The summed E-state index contributed by atoms with van der Waals surface area (Å²) in [6.45, 7) is 8.34. The second-order valence-electron chi connectivity index (χ2n) is 5.30. The van der Waals surface area contributed by atoms with Gasteiger partial charge in [0.1, 0.15) is 0 Å². The summed E-state index contributed by atoms with van der Waals surface area (Å²) in [6.07, 6.45) is 2.77. The number of benzene rings is 1. The highest BCUT2D eigenvalue weighted by molar-refractivity contribution is 6.30. The molecule has 0 saturated carbocycles. The van der Waals surface area contributed by atoms with Gasteiger partial charge in [-0.05, 0) is 43.3 Å². The van der Waals surface area contributed by atoms with Gasteiger partial charge in [-0.25, -0.2) is 4.79 Å². The number of halogens is 1. The first-order chi connectivity index (χ1) is 10.0. The van der Waals surface area contributed by atoms with E-state index in [1.165, 1.54) is 0 Å². The number of carbonyl (C=O) groups is 1. The molecule has 5 heteroatoms. The Labute approximate surface area is 130 Å². The zero-order valence-electron chi connectivity index (χ0n) is 12.4. The van der Waals surface area contributed by atoms with Gasteiger partial charge in [0.2, 0.25) is 0 Å².